The number of benzene rings is 4. The van der Waals surface area contributed by atoms with Crippen LogP contribution in [0.5, 0.6) is 0 Å². The molecule has 0 fully saturated rings. The van der Waals surface area contributed by atoms with Crippen LogP contribution in [0, 0.1) is 26.7 Å². The molecule has 4 rings (SSSR count). The van der Waals surface area contributed by atoms with Gasteiger partial charge < -0.3 is 10.2 Å². The van der Waals surface area contributed by atoms with Crippen molar-refractivity contribution >= 4 is 43.5 Å². The van der Waals surface area contributed by atoms with Gasteiger partial charge in [-0.2, -0.15) is 0 Å². The maximum atomic E-state index is 14.6. The predicted molar refractivity (Wildman–Crippen MR) is 188 cm³/mol. The first kappa shape index (κ1) is 34.9. The van der Waals surface area contributed by atoms with E-state index in [1.165, 1.54) is 4.90 Å². The van der Waals surface area contributed by atoms with Gasteiger partial charge in [0.2, 0.25) is 11.8 Å². The molecule has 1 N–H and O–H groups in total. The van der Waals surface area contributed by atoms with Gasteiger partial charge in [-0.3, -0.25) is 13.9 Å². The third-order valence-corrected chi connectivity index (χ3v) is 10.2. The normalized spacial score (nSPS) is 12.1. The molecule has 0 saturated carbocycles. The van der Waals surface area contributed by atoms with Gasteiger partial charge >= 0.3 is 0 Å². The molecule has 0 radical (unpaired) electrons. The number of aryl methyl sites for hydroxylation is 3. The molecule has 46 heavy (non-hydrogen) atoms. The lowest BCUT2D eigenvalue weighted by atomic mass is 10.0. The van der Waals surface area contributed by atoms with E-state index in [4.69, 9.17) is 0 Å². The maximum Gasteiger partial charge on any atom is 0.264 e. The summed E-state index contributed by atoms with van der Waals surface area (Å²) in [5.41, 5.74) is 4.90. The number of halogens is 1. The standard InChI is InChI=1S/C37H42BrN3O4S/c1-26(2)23-39-37(43)35(22-30-9-7-6-8-10-30)40(24-31-14-16-32(38)17-15-31)36(42)25-41(33-18-13-28(4)29(5)21-33)46(44,45)34-19-11-27(3)12-20-34/h6-21,26,35H,22-25H2,1-5H3,(H,39,43). The summed E-state index contributed by atoms with van der Waals surface area (Å²) in [5, 5.41) is 3.02. The molecule has 0 saturated heterocycles. The molecule has 0 bridgehead atoms. The molecule has 0 aliphatic heterocycles. The van der Waals surface area contributed by atoms with Gasteiger partial charge in [0.05, 0.1) is 10.6 Å². The van der Waals surface area contributed by atoms with Gasteiger partial charge in [0.15, 0.2) is 0 Å². The molecule has 0 spiro atoms. The Labute approximate surface area is 281 Å². The van der Waals surface area contributed by atoms with Crippen LogP contribution in [0.4, 0.5) is 5.69 Å². The molecule has 0 aliphatic carbocycles. The second-order valence-corrected chi connectivity index (χ2v) is 14.9. The molecular formula is C37H42BrN3O4S. The van der Waals surface area contributed by atoms with Crippen molar-refractivity contribution in [2.45, 2.75) is 58.5 Å². The van der Waals surface area contributed by atoms with Crippen LogP contribution in [0.2, 0.25) is 0 Å². The number of nitrogens with one attached hydrogen (secondary N) is 1. The molecule has 2 amide bonds. The number of nitrogens with zero attached hydrogens (tertiary/aromatic N) is 2. The Morgan fingerprint density at radius 2 is 1.46 bits per heavy atom. The van der Waals surface area contributed by atoms with Crippen LogP contribution in [0.1, 0.15) is 41.7 Å². The number of amides is 2. The molecule has 1 atom stereocenters. The van der Waals surface area contributed by atoms with Gasteiger partial charge in [0, 0.05) is 24.0 Å². The average molecular weight is 705 g/mol. The van der Waals surface area contributed by atoms with Crippen molar-refractivity contribution in [3.8, 4) is 0 Å². The van der Waals surface area contributed by atoms with E-state index in [1.807, 2.05) is 95.3 Å². The van der Waals surface area contributed by atoms with Crippen molar-refractivity contribution in [3.05, 3.63) is 129 Å². The minimum absolute atomic E-state index is 0.0825. The zero-order valence-corrected chi connectivity index (χ0v) is 29.4. The van der Waals surface area contributed by atoms with E-state index in [0.29, 0.717) is 12.2 Å². The van der Waals surface area contributed by atoms with E-state index in [0.717, 1.165) is 36.6 Å². The minimum Gasteiger partial charge on any atom is -0.354 e. The quantitative estimate of drug-likeness (QED) is 0.163. The third-order valence-electron chi connectivity index (χ3n) is 7.89. The van der Waals surface area contributed by atoms with Crippen LogP contribution in [0.3, 0.4) is 0 Å². The van der Waals surface area contributed by atoms with Crippen molar-refractivity contribution in [3.63, 3.8) is 0 Å². The first-order chi connectivity index (χ1) is 21.8. The second-order valence-electron chi connectivity index (χ2n) is 12.1. The molecule has 4 aromatic carbocycles. The minimum atomic E-state index is -4.15. The van der Waals surface area contributed by atoms with Gasteiger partial charge in [-0.05, 0) is 85.3 Å². The SMILES string of the molecule is Cc1ccc(S(=O)(=O)N(CC(=O)N(Cc2ccc(Br)cc2)C(Cc2ccccc2)C(=O)NCC(C)C)c2ccc(C)c(C)c2)cc1. The van der Waals surface area contributed by atoms with Gasteiger partial charge in [0.25, 0.3) is 10.0 Å². The summed E-state index contributed by atoms with van der Waals surface area (Å²) in [5.74, 6) is -0.573. The molecule has 0 aliphatic rings. The molecule has 0 aromatic heterocycles. The topological polar surface area (TPSA) is 86.8 Å². The third kappa shape index (κ3) is 9.07. The smallest absolute Gasteiger partial charge is 0.264 e. The van der Waals surface area contributed by atoms with E-state index in [-0.39, 0.29) is 29.7 Å². The molecule has 9 heteroatoms. The molecule has 242 valence electrons. The summed E-state index contributed by atoms with van der Waals surface area (Å²) in [7, 11) is -4.15. The lowest BCUT2D eigenvalue weighted by Crippen LogP contribution is -2.53. The van der Waals surface area contributed by atoms with E-state index in [1.54, 1.807) is 36.4 Å². The number of hydrogen-bond donors (Lipinski definition) is 1. The van der Waals surface area contributed by atoms with Crippen LogP contribution in [-0.2, 0) is 32.6 Å². The number of anilines is 1. The lowest BCUT2D eigenvalue weighted by Gasteiger charge is -2.34. The summed E-state index contributed by atoms with van der Waals surface area (Å²) >= 11 is 3.47. The van der Waals surface area contributed by atoms with Crippen LogP contribution in [0.15, 0.2) is 106 Å². The summed E-state index contributed by atoms with van der Waals surface area (Å²) in [6, 6.07) is 28.1. The first-order valence-electron chi connectivity index (χ1n) is 15.4. The largest absolute Gasteiger partial charge is 0.354 e. The van der Waals surface area contributed by atoms with Crippen LogP contribution < -0.4 is 9.62 Å². The molecular weight excluding hydrogens is 662 g/mol. The van der Waals surface area contributed by atoms with Crippen molar-refractivity contribution in [1.82, 2.24) is 10.2 Å². The first-order valence-corrected chi connectivity index (χ1v) is 17.6. The molecule has 1 unspecified atom stereocenters. The monoisotopic (exact) mass is 703 g/mol. The van der Waals surface area contributed by atoms with Crippen LogP contribution >= 0.6 is 15.9 Å². The van der Waals surface area contributed by atoms with Gasteiger partial charge in [-0.15, -0.1) is 0 Å². The highest BCUT2D eigenvalue weighted by Crippen LogP contribution is 2.27. The van der Waals surface area contributed by atoms with Gasteiger partial charge in [-0.25, -0.2) is 8.42 Å². The van der Waals surface area contributed by atoms with Crippen molar-refractivity contribution in [1.29, 1.82) is 0 Å². The van der Waals surface area contributed by atoms with E-state index >= 15 is 0 Å². The summed E-state index contributed by atoms with van der Waals surface area (Å²) in [6.07, 6.45) is 0.265. The number of sulfonamides is 1. The molecule has 7 nitrogen and oxygen atoms in total. The average Bonchev–Trinajstić information content (AvgIpc) is 3.03. The van der Waals surface area contributed by atoms with Gasteiger partial charge in [-0.1, -0.05) is 96.0 Å². The van der Waals surface area contributed by atoms with E-state index in [2.05, 4.69) is 21.2 Å². The zero-order chi connectivity index (χ0) is 33.4. The Kier molecular flexibility index (Phi) is 11.8. The highest BCUT2D eigenvalue weighted by atomic mass is 79.9. The Bertz CT molecular complexity index is 1740. The number of carbonyl (C=O) groups is 2. The van der Waals surface area contributed by atoms with Gasteiger partial charge in [0.1, 0.15) is 12.6 Å². The maximum absolute atomic E-state index is 14.6. The van der Waals surface area contributed by atoms with E-state index < -0.39 is 28.5 Å². The van der Waals surface area contributed by atoms with Crippen molar-refractivity contribution in [2.75, 3.05) is 17.4 Å². The number of rotatable bonds is 13. The summed E-state index contributed by atoms with van der Waals surface area (Å²) < 4.78 is 30.5. The second kappa shape index (κ2) is 15.6. The molecule has 0 heterocycles. The highest BCUT2D eigenvalue weighted by Gasteiger charge is 2.34. The summed E-state index contributed by atoms with van der Waals surface area (Å²) in [4.78, 5) is 30.1. The van der Waals surface area contributed by atoms with Crippen molar-refractivity contribution < 1.29 is 18.0 Å². The Balaban J connectivity index is 1.81. The number of carbonyl (C=O) groups excluding carboxylic acids is 2. The van der Waals surface area contributed by atoms with E-state index in [9.17, 15) is 18.0 Å². The summed E-state index contributed by atoms with van der Waals surface area (Å²) in [6.45, 7) is 9.84. The lowest BCUT2D eigenvalue weighted by molar-refractivity contribution is -0.140. The molecule has 4 aromatic rings. The van der Waals surface area contributed by atoms with Crippen LogP contribution in [-0.4, -0.2) is 44.3 Å². The fourth-order valence-corrected chi connectivity index (χ4v) is 6.68. The van der Waals surface area contributed by atoms with Crippen molar-refractivity contribution in [2.24, 2.45) is 5.92 Å². The Morgan fingerprint density at radius 3 is 2.07 bits per heavy atom. The predicted octanol–water partition coefficient (Wildman–Crippen LogP) is 6.98. The zero-order valence-electron chi connectivity index (χ0n) is 27.0. The Morgan fingerprint density at radius 1 is 0.804 bits per heavy atom. The fraction of sp³-hybridized carbons (Fsp3) is 0.297. The number of hydrogen-bond acceptors (Lipinski definition) is 4. The fourth-order valence-electron chi connectivity index (χ4n) is 5.01. The Hall–Kier alpha value is -3.95. The van der Waals surface area contributed by atoms with Crippen LogP contribution in [0.25, 0.3) is 0 Å². The highest BCUT2D eigenvalue weighted by molar-refractivity contribution is 9.10.